The van der Waals surface area contributed by atoms with E-state index in [0.717, 1.165) is 18.4 Å². The summed E-state index contributed by atoms with van der Waals surface area (Å²) in [6.45, 7) is 0.658. The topological polar surface area (TPSA) is 75.8 Å². The molecule has 3 heteroatoms. The molecular formula is C11H15N3. The number of benzene rings is 1. The zero-order valence-corrected chi connectivity index (χ0v) is 8.11. The Morgan fingerprint density at radius 2 is 2.21 bits per heavy atom. The molecule has 1 aromatic rings. The minimum Gasteiger partial charge on any atom is -0.330 e. The second-order valence-corrected chi connectivity index (χ2v) is 3.27. The first-order valence-electron chi connectivity index (χ1n) is 4.73. The Morgan fingerprint density at radius 1 is 1.43 bits per heavy atom. The number of nitrogens with zero attached hydrogens (tertiary/aromatic N) is 1. The smallest absolute Gasteiger partial charge is 0.0991 e. The lowest BCUT2D eigenvalue weighted by Gasteiger charge is -2.11. The van der Waals surface area contributed by atoms with Crippen LogP contribution in [0.2, 0.25) is 0 Å². The van der Waals surface area contributed by atoms with E-state index < -0.39 is 0 Å². The standard InChI is InChI=1S/C11H15N3/c12-6-2-5-11(14)10-4-1-3-9(7-10)8-13/h1,3-4,7,11H,2,5-6,12,14H2/t11-/m1/s1. The highest BCUT2D eigenvalue weighted by atomic mass is 14.6. The van der Waals surface area contributed by atoms with Crippen LogP contribution in [0.5, 0.6) is 0 Å². The number of nitrogens with two attached hydrogens (primary N) is 2. The van der Waals surface area contributed by atoms with Gasteiger partial charge in [-0.2, -0.15) is 5.26 Å². The molecule has 0 unspecified atom stereocenters. The molecule has 0 aliphatic carbocycles. The Hall–Kier alpha value is -1.37. The number of nitriles is 1. The average molecular weight is 189 g/mol. The summed E-state index contributed by atoms with van der Waals surface area (Å²) in [5, 5.41) is 8.71. The van der Waals surface area contributed by atoms with Gasteiger partial charge in [-0.3, -0.25) is 0 Å². The van der Waals surface area contributed by atoms with Gasteiger partial charge in [-0.05, 0) is 37.1 Å². The fourth-order valence-electron chi connectivity index (χ4n) is 1.34. The maximum absolute atomic E-state index is 8.71. The first-order valence-corrected chi connectivity index (χ1v) is 4.73. The summed E-state index contributed by atoms with van der Waals surface area (Å²) >= 11 is 0. The quantitative estimate of drug-likeness (QED) is 0.749. The second-order valence-electron chi connectivity index (χ2n) is 3.27. The van der Waals surface area contributed by atoms with E-state index in [1.54, 1.807) is 6.07 Å². The Bertz CT molecular complexity index is 328. The zero-order valence-electron chi connectivity index (χ0n) is 8.11. The Morgan fingerprint density at radius 3 is 2.86 bits per heavy atom. The van der Waals surface area contributed by atoms with E-state index in [9.17, 15) is 0 Å². The maximum atomic E-state index is 8.71. The van der Waals surface area contributed by atoms with Crippen molar-refractivity contribution in [3.05, 3.63) is 35.4 Å². The van der Waals surface area contributed by atoms with Crippen molar-refractivity contribution in [2.45, 2.75) is 18.9 Å². The fraction of sp³-hybridized carbons (Fsp3) is 0.364. The van der Waals surface area contributed by atoms with E-state index in [-0.39, 0.29) is 6.04 Å². The molecule has 1 atom stereocenters. The first kappa shape index (κ1) is 10.7. The summed E-state index contributed by atoms with van der Waals surface area (Å²) in [4.78, 5) is 0. The fourth-order valence-corrected chi connectivity index (χ4v) is 1.34. The Kier molecular flexibility index (Phi) is 4.11. The Labute approximate surface area is 84.3 Å². The van der Waals surface area contributed by atoms with Crippen molar-refractivity contribution in [1.82, 2.24) is 0 Å². The molecule has 0 aliphatic heterocycles. The van der Waals surface area contributed by atoms with Crippen LogP contribution in [0.25, 0.3) is 0 Å². The third-order valence-corrected chi connectivity index (χ3v) is 2.16. The predicted molar refractivity (Wildman–Crippen MR) is 56.4 cm³/mol. The number of rotatable bonds is 4. The van der Waals surface area contributed by atoms with Crippen molar-refractivity contribution < 1.29 is 0 Å². The van der Waals surface area contributed by atoms with Gasteiger partial charge in [0.25, 0.3) is 0 Å². The second kappa shape index (κ2) is 5.38. The van der Waals surface area contributed by atoms with Crippen LogP contribution in [0, 0.1) is 11.3 Å². The molecule has 0 aliphatic rings. The van der Waals surface area contributed by atoms with Gasteiger partial charge in [-0.1, -0.05) is 12.1 Å². The van der Waals surface area contributed by atoms with E-state index in [1.807, 2.05) is 18.2 Å². The highest BCUT2D eigenvalue weighted by molar-refractivity contribution is 5.34. The molecule has 3 nitrogen and oxygen atoms in total. The van der Waals surface area contributed by atoms with Gasteiger partial charge >= 0.3 is 0 Å². The lowest BCUT2D eigenvalue weighted by atomic mass is 10.0. The summed E-state index contributed by atoms with van der Waals surface area (Å²) in [6, 6.07) is 9.51. The lowest BCUT2D eigenvalue weighted by molar-refractivity contribution is 0.618. The van der Waals surface area contributed by atoms with Crippen LogP contribution >= 0.6 is 0 Å². The van der Waals surface area contributed by atoms with E-state index in [4.69, 9.17) is 16.7 Å². The number of hydrogen-bond donors (Lipinski definition) is 2. The molecular weight excluding hydrogens is 174 g/mol. The molecule has 0 saturated heterocycles. The van der Waals surface area contributed by atoms with Crippen molar-refractivity contribution in [1.29, 1.82) is 5.26 Å². The van der Waals surface area contributed by atoms with E-state index in [0.29, 0.717) is 12.1 Å². The van der Waals surface area contributed by atoms with Crippen LogP contribution in [0.3, 0.4) is 0 Å². The van der Waals surface area contributed by atoms with E-state index in [1.165, 1.54) is 0 Å². The van der Waals surface area contributed by atoms with Gasteiger partial charge in [-0.25, -0.2) is 0 Å². The molecule has 4 N–H and O–H groups in total. The Balaban J connectivity index is 2.70. The summed E-state index contributed by atoms with van der Waals surface area (Å²) < 4.78 is 0. The minimum atomic E-state index is -0.00755. The molecule has 0 fully saturated rings. The van der Waals surface area contributed by atoms with Crippen molar-refractivity contribution >= 4 is 0 Å². The van der Waals surface area contributed by atoms with Gasteiger partial charge in [0.1, 0.15) is 0 Å². The summed E-state index contributed by atoms with van der Waals surface area (Å²) in [6.07, 6.45) is 1.78. The molecule has 1 aromatic carbocycles. The molecule has 0 bridgehead atoms. The van der Waals surface area contributed by atoms with E-state index in [2.05, 4.69) is 6.07 Å². The lowest BCUT2D eigenvalue weighted by Crippen LogP contribution is -2.12. The third-order valence-electron chi connectivity index (χ3n) is 2.16. The predicted octanol–water partition coefficient (Wildman–Crippen LogP) is 1.30. The monoisotopic (exact) mass is 189 g/mol. The highest BCUT2D eigenvalue weighted by Crippen LogP contribution is 2.16. The van der Waals surface area contributed by atoms with Crippen LogP contribution in [0.1, 0.15) is 30.0 Å². The number of hydrogen-bond acceptors (Lipinski definition) is 3. The molecule has 0 spiro atoms. The zero-order chi connectivity index (χ0) is 10.4. The largest absolute Gasteiger partial charge is 0.330 e. The summed E-state index contributed by atoms with van der Waals surface area (Å²) in [5.41, 5.74) is 13.0. The van der Waals surface area contributed by atoms with Crippen molar-refractivity contribution in [3.8, 4) is 6.07 Å². The van der Waals surface area contributed by atoms with Crippen molar-refractivity contribution in [3.63, 3.8) is 0 Å². The summed E-state index contributed by atoms with van der Waals surface area (Å²) in [5.74, 6) is 0. The highest BCUT2D eigenvalue weighted by Gasteiger charge is 2.05. The van der Waals surface area contributed by atoms with Gasteiger partial charge in [0.2, 0.25) is 0 Å². The molecule has 0 saturated carbocycles. The van der Waals surface area contributed by atoms with Gasteiger partial charge in [0.05, 0.1) is 11.6 Å². The molecule has 0 radical (unpaired) electrons. The van der Waals surface area contributed by atoms with Gasteiger partial charge in [-0.15, -0.1) is 0 Å². The van der Waals surface area contributed by atoms with Crippen molar-refractivity contribution in [2.24, 2.45) is 11.5 Å². The van der Waals surface area contributed by atoms with Crippen LogP contribution in [0.4, 0.5) is 0 Å². The minimum absolute atomic E-state index is 0.00755. The third kappa shape index (κ3) is 2.84. The first-order chi connectivity index (χ1) is 6.77. The van der Waals surface area contributed by atoms with Gasteiger partial charge < -0.3 is 11.5 Å². The van der Waals surface area contributed by atoms with Crippen LogP contribution in [0.15, 0.2) is 24.3 Å². The molecule has 0 aromatic heterocycles. The molecule has 0 heterocycles. The van der Waals surface area contributed by atoms with Gasteiger partial charge in [0, 0.05) is 6.04 Å². The van der Waals surface area contributed by atoms with E-state index >= 15 is 0 Å². The van der Waals surface area contributed by atoms with Crippen LogP contribution < -0.4 is 11.5 Å². The summed E-state index contributed by atoms with van der Waals surface area (Å²) in [7, 11) is 0. The van der Waals surface area contributed by atoms with Gasteiger partial charge in [0.15, 0.2) is 0 Å². The molecule has 0 amide bonds. The maximum Gasteiger partial charge on any atom is 0.0991 e. The normalized spacial score (nSPS) is 12.1. The van der Waals surface area contributed by atoms with Crippen molar-refractivity contribution in [2.75, 3.05) is 6.54 Å². The molecule has 1 rings (SSSR count). The average Bonchev–Trinajstić information content (AvgIpc) is 2.26. The van der Waals surface area contributed by atoms with Crippen LogP contribution in [-0.4, -0.2) is 6.54 Å². The molecule has 14 heavy (non-hydrogen) atoms. The van der Waals surface area contributed by atoms with Crippen LogP contribution in [-0.2, 0) is 0 Å². The SMILES string of the molecule is N#Cc1cccc([C@H](N)CCCN)c1. The molecule has 74 valence electrons.